The maximum Gasteiger partial charge on any atom is 0.236 e. The second-order valence-electron chi connectivity index (χ2n) is 5.96. The van der Waals surface area contributed by atoms with Crippen molar-refractivity contribution in [3.8, 4) is 0 Å². The number of primary amides is 1. The van der Waals surface area contributed by atoms with E-state index in [9.17, 15) is 9.18 Å². The number of anilines is 1. The Morgan fingerprint density at radius 1 is 1.33 bits per heavy atom. The minimum atomic E-state index is -0.465. The van der Waals surface area contributed by atoms with Crippen molar-refractivity contribution in [1.29, 1.82) is 0 Å². The molecule has 0 aliphatic rings. The van der Waals surface area contributed by atoms with E-state index in [1.807, 2.05) is 19.9 Å². The first-order valence-electron chi connectivity index (χ1n) is 7.36. The molecule has 4 nitrogen and oxygen atoms in total. The van der Waals surface area contributed by atoms with Crippen LogP contribution >= 0.6 is 0 Å². The van der Waals surface area contributed by atoms with Gasteiger partial charge in [-0.1, -0.05) is 26.0 Å². The van der Waals surface area contributed by atoms with E-state index in [1.165, 1.54) is 6.07 Å². The van der Waals surface area contributed by atoms with Crippen LogP contribution in [0.15, 0.2) is 18.2 Å². The van der Waals surface area contributed by atoms with E-state index in [0.29, 0.717) is 18.2 Å². The van der Waals surface area contributed by atoms with Crippen LogP contribution in [0.5, 0.6) is 0 Å². The van der Waals surface area contributed by atoms with Gasteiger partial charge in [-0.25, -0.2) is 4.39 Å². The highest BCUT2D eigenvalue weighted by atomic mass is 19.1. The number of carbonyl (C=O) groups excluding carboxylic acids is 1. The Hall–Kier alpha value is -1.62. The summed E-state index contributed by atoms with van der Waals surface area (Å²) in [4.78, 5) is 13.0. The van der Waals surface area contributed by atoms with Crippen LogP contribution in [0.25, 0.3) is 0 Å². The second-order valence-corrected chi connectivity index (χ2v) is 5.96. The van der Waals surface area contributed by atoms with Gasteiger partial charge in [-0.3, -0.25) is 4.79 Å². The molecule has 0 saturated carbocycles. The number of para-hydroxylation sites is 1. The molecule has 5 heteroatoms. The van der Waals surface area contributed by atoms with E-state index in [0.717, 1.165) is 12.1 Å². The molecule has 21 heavy (non-hydrogen) atoms. The van der Waals surface area contributed by atoms with Crippen LogP contribution in [0, 0.1) is 11.7 Å². The van der Waals surface area contributed by atoms with Gasteiger partial charge in [-0.15, -0.1) is 0 Å². The number of benzene rings is 1. The van der Waals surface area contributed by atoms with Gasteiger partial charge in [0.1, 0.15) is 5.82 Å². The Labute approximate surface area is 126 Å². The summed E-state index contributed by atoms with van der Waals surface area (Å²) >= 11 is 0. The van der Waals surface area contributed by atoms with Gasteiger partial charge in [0.15, 0.2) is 0 Å². The first-order valence-corrected chi connectivity index (χ1v) is 7.36. The Balaban J connectivity index is 3.04. The summed E-state index contributed by atoms with van der Waals surface area (Å²) < 4.78 is 14.3. The summed E-state index contributed by atoms with van der Waals surface area (Å²) in [5.41, 5.74) is 6.59. The summed E-state index contributed by atoms with van der Waals surface area (Å²) in [6.07, 6.45) is 0. The highest BCUT2D eigenvalue weighted by Crippen LogP contribution is 2.26. The van der Waals surface area contributed by atoms with E-state index in [4.69, 9.17) is 5.73 Å². The SMILES string of the molecule is CC(C)CNCc1cccc(F)c1N(CC(N)=O)C(C)C. The molecule has 1 rings (SSSR count). The van der Waals surface area contributed by atoms with Crippen LogP contribution < -0.4 is 16.0 Å². The largest absolute Gasteiger partial charge is 0.368 e. The summed E-state index contributed by atoms with van der Waals surface area (Å²) in [6, 6.07) is 4.96. The highest BCUT2D eigenvalue weighted by molar-refractivity contribution is 5.80. The minimum Gasteiger partial charge on any atom is -0.368 e. The molecule has 0 spiro atoms. The van der Waals surface area contributed by atoms with Crippen molar-refractivity contribution in [1.82, 2.24) is 5.32 Å². The lowest BCUT2D eigenvalue weighted by Gasteiger charge is -2.30. The van der Waals surface area contributed by atoms with Crippen molar-refractivity contribution in [2.24, 2.45) is 11.7 Å². The van der Waals surface area contributed by atoms with Gasteiger partial charge in [0, 0.05) is 12.6 Å². The number of nitrogens with two attached hydrogens (primary N) is 1. The lowest BCUT2D eigenvalue weighted by atomic mass is 10.1. The zero-order valence-corrected chi connectivity index (χ0v) is 13.3. The fourth-order valence-corrected chi connectivity index (χ4v) is 2.21. The van der Waals surface area contributed by atoms with Crippen molar-refractivity contribution >= 4 is 11.6 Å². The molecular formula is C16H26FN3O. The predicted molar refractivity (Wildman–Crippen MR) is 84.6 cm³/mol. The summed E-state index contributed by atoms with van der Waals surface area (Å²) in [7, 11) is 0. The zero-order valence-electron chi connectivity index (χ0n) is 13.3. The third-order valence-corrected chi connectivity index (χ3v) is 3.18. The van der Waals surface area contributed by atoms with Gasteiger partial charge in [0.05, 0.1) is 12.2 Å². The Kier molecular flexibility index (Phi) is 6.62. The van der Waals surface area contributed by atoms with Crippen molar-refractivity contribution in [2.75, 3.05) is 18.0 Å². The fourth-order valence-electron chi connectivity index (χ4n) is 2.21. The van der Waals surface area contributed by atoms with Gasteiger partial charge in [-0.05, 0) is 37.9 Å². The number of amides is 1. The van der Waals surface area contributed by atoms with Crippen molar-refractivity contribution < 1.29 is 9.18 Å². The third kappa shape index (κ3) is 5.34. The van der Waals surface area contributed by atoms with Gasteiger partial charge in [-0.2, -0.15) is 0 Å². The summed E-state index contributed by atoms with van der Waals surface area (Å²) in [5, 5.41) is 3.31. The normalized spacial score (nSPS) is 11.2. The van der Waals surface area contributed by atoms with E-state index in [2.05, 4.69) is 19.2 Å². The number of nitrogens with zero attached hydrogens (tertiary/aromatic N) is 1. The molecule has 0 bridgehead atoms. The number of carbonyl (C=O) groups is 1. The monoisotopic (exact) mass is 295 g/mol. The maximum absolute atomic E-state index is 14.3. The standard InChI is InChI=1S/C16H26FN3O/c1-11(2)8-19-9-13-6-5-7-14(17)16(13)20(12(3)4)10-15(18)21/h5-7,11-12,19H,8-10H2,1-4H3,(H2,18,21). The van der Waals surface area contributed by atoms with E-state index in [1.54, 1.807) is 11.0 Å². The number of nitrogens with one attached hydrogen (secondary N) is 1. The van der Waals surface area contributed by atoms with Gasteiger partial charge in [0.2, 0.25) is 5.91 Å². The van der Waals surface area contributed by atoms with Crippen LogP contribution in [-0.4, -0.2) is 25.0 Å². The highest BCUT2D eigenvalue weighted by Gasteiger charge is 2.20. The molecule has 3 N–H and O–H groups in total. The quantitative estimate of drug-likeness (QED) is 0.773. The average Bonchev–Trinajstić information content (AvgIpc) is 2.36. The average molecular weight is 295 g/mol. The Bertz CT molecular complexity index is 475. The molecular weight excluding hydrogens is 269 g/mol. The summed E-state index contributed by atoms with van der Waals surface area (Å²) in [5.74, 6) is -0.268. The number of halogens is 1. The van der Waals surface area contributed by atoms with Crippen molar-refractivity contribution in [2.45, 2.75) is 40.3 Å². The number of hydrogen-bond acceptors (Lipinski definition) is 3. The molecule has 0 heterocycles. The topological polar surface area (TPSA) is 58.4 Å². The van der Waals surface area contributed by atoms with Crippen LogP contribution in [0.4, 0.5) is 10.1 Å². The molecule has 1 aromatic rings. The molecule has 0 aromatic heterocycles. The smallest absolute Gasteiger partial charge is 0.236 e. The molecule has 0 unspecified atom stereocenters. The lowest BCUT2D eigenvalue weighted by Crippen LogP contribution is -2.40. The van der Waals surface area contributed by atoms with Crippen LogP contribution in [-0.2, 0) is 11.3 Å². The van der Waals surface area contributed by atoms with Gasteiger partial charge >= 0.3 is 0 Å². The van der Waals surface area contributed by atoms with E-state index >= 15 is 0 Å². The Morgan fingerprint density at radius 3 is 2.52 bits per heavy atom. The fraction of sp³-hybridized carbons (Fsp3) is 0.562. The van der Waals surface area contributed by atoms with Crippen LogP contribution in [0.1, 0.15) is 33.3 Å². The Morgan fingerprint density at radius 2 is 2.00 bits per heavy atom. The van der Waals surface area contributed by atoms with Gasteiger partial charge < -0.3 is 16.0 Å². The van der Waals surface area contributed by atoms with Crippen LogP contribution in [0.2, 0.25) is 0 Å². The van der Waals surface area contributed by atoms with Crippen molar-refractivity contribution in [3.05, 3.63) is 29.6 Å². The molecule has 118 valence electrons. The maximum atomic E-state index is 14.3. The molecule has 1 amide bonds. The third-order valence-electron chi connectivity index (χ3n) is 3.18. The molecule has 1 aromatic carbocycles. The predicted octanol–water partition coefficient (Wildman–Crippen LogP) is 2.27. The minimum absolute atomic E-state index is 0.00970. The zero-order chi connectivity index (χ0) is 16.0. The lowest BCUT2D eigenvalue weighted by molar-refractivity contribution is -0.116. The van der Waals surface area contributed by atoms with E-state index in [-0.39, 0.29) is 18.4 Å². The molecule has 0 atom stereocenters. The number of hydrogen-bond donors (Lipinski definition) is 2. The first-order chi connectivity index (χ1) is 9.82. The molecule has 0 fully saturated rings. The first kappa shape index (κ1) is 17.4. The molecule has 0 aliphatic carbocycles. The molecule has 0 aliphatic heterocycles. The second kappa shape index (κ2) is 7.98. The van der Waals surface area contributed by atoms with E-state index < -0.39 is 5.91 Å². The molecule has 0 radical (unpaired) electrons. The molecule has 0 saturated heterocycles. The number of rotatable bonds is 8. The van der Waals surface area contributed by atoms with Crippen molar-refractivity contribution in [3.63, 3.8) is 0 Å². The van der Waals surface area contributed by atoms with Crippen LogP contribution in [0.3, 0.4) is 0 Å². The van der Waals surface area contributed by atoms with Gasteiger partial charge in [0.25, 0.3) is 0 Å². The summed E-state index contributed by atoms with van der Waals surface area (Å²) in [6.45, 7) is 9.50.